The molecule has 1 fully saturated rings. The number of H-pyrrole nitrogens is 1. The molecular weight excluding hydrogens is 382 g/mol. The van der Waals surface area contributed by atoms with Crippen molar-refractivity contribution in [2.24, 2.45) is 0 Å². The van der Waals surface area contributed by atoms with Crippen LogP contribution in [0.4, 0.5) is 0 Å². The first kappa shape index (κ1) is 18.3. The largest absolute Gasteiger partial charge is 0.376 e. The van der Waals surface area contributed by atoms with Gasteiger partial charge in [0.2, 0.25) is 5.91 Å². The van der Waals surface area contributed by atoms with Gasteiger partial charge >= 0.3 is 0 Å². The van der Waals surface area contributed by atoms with E-state index in [4.69, 9.17) is 17.0 Å². The van der Waals surface area contributed by atoms with Crippen LogP contribution in [0.3, 0.4) is 0 Å². The first-order valence-electron chi connectivity index (χ1n) is 9.16. The number of amides is 1. The lowest BCUT2D eigenvalue weighted by Gasteiger charge is -2.11. The fourth-order valence-electron chi connectivity index (χ4n) is 3.43. The normalized spacial score (nSPS) is 17.0. The molecule has 2 N–H and O–H groups in total. The van der Waals surface area contributed by atoms with Gasteiger partial charge in [-0.3, -0.25) is 14.2 Å². The van der Waals surface area contributed by atoms with Crippen molar-refractivity contribution in [1.29, 1.82) is 0 Å². The van der Waals surface area contributed by atoms with Gasteiger partial charge in [0.15, 0.2) is 4.77 Å². The average molecular weight is 404 g/mol. The number of carbonyl (C=O) groups is 1. The lowest BCUT2D eigenvalue weighted by atomic mass is 10.2. The van der Waals surface area contributed by atoms with Gasteiger partial charge in [-0.15, -0.1) is 11.3 Å². The Balaban J connectivity index is 1.44. The first-order valence-corrected chi connectivity index (χ1v) is 10.4. The van der Waals surface area contributed by atoms with Crippen molar-refractivity contribution in [3.05, 3.63) is 39.4 Å². The van der Waals surface area contributed by atoms with Gasteiger partial charge in [0.25, 0.3) is 5.56 Å². The molecule has 0 bridgehead atoms. The number of hydrogen-bond acceptors (Lipinski definition) is 5. The molecule has 3 aromatic rings. The van der Waals surface area contributed by atoms with E-state index in [1.165, 1.54) is 11.3 Å². The molecule has 27 heavy (non-hydrogen) atoms. The number of fused-ring (bicyclic) bond motifs is 3. The Kier molecular flexibility index (Phi) is 5.38. The van der Waals surface area contributed by atoms with Crippen LogP contribution >= 0.6 is 23.6 Å². The summed E-state index contributed by atoms with van der Waals surface area (Å²) in [6.07, 6.45) is 3.12. The zero-order valence-electron chi connectivity index (χ0n) is 14.8. The van der Waals surface area contributed by atoms with Crippen LogP contribution in [0, 0.1) is 4.77 Å². The first-order chi connectivity index (χ1) is 13.1. The molecule has 8 heteroatoms. The number of hydrogen-bond donors (Lipinski definition) is 2. The van der Waals surface area contributed by atoms with Crippen molar-refractivity contribution in [3.63, 3.8) is 0 Å². The summed E-state index contributed by atoms with van der Waals surface area (Å²) in [6, 6.07) is 7.90. The van der Waals surface area contributed by atoms with Crippen molar-refractivity contribution in [3.8, 4) is 0 Å². The minimum absolute atomic E-state index is 0.0172. The van der Waals surface area contributed by atoms with Gasteiger partial charge in [-0.1, -0.05) is 18.2 Å². The molecule has 1 amide bonds. The average Bonchev–Trinajstić information content (AvgIpc) is 3.31. The van der Waals surface area contributed by atoms with Crippen LogP contribution in [0.5, 0.6) is 0 Å². The van der Waals surface area contributed by atoms with Crippen molar-refractivity contribution >= 4 is 49.8 Å². The predicted octanol–water partition coefficient (Wildman–Crippen LogP) is 3.35. The van der Waals surface area contributed by atoms with Crippen molar-refractivity contribution < 1.29 is 9.53 Å². The summed E-state index contributed by atoms with van der Waals surface area (Å²) in [5, 5.41) is 3.92. The number of thiophene rings is 1. The zero-order chi connectivity index (χ0) is 18.8. The topological polar surface area (TPSA) is 76.1 Å². The molecule has 0 aliphatic carbocycles. The summed E-state index contributed by atoms with van der Waals surface area (Å²) in [5.74, 6) is -0.0172. The Hall–Kier alpha value is -2.03. The van der Waals surface area contributed by atoms with Gasteiger partial charge < -0.3 is 15.0 Å². The number of aromatic nitrogens is 2. The standard InChI is InChI=1S/C19H21N3O3S2/c23-15(20-11-12-5-4-10-25-12)8-3-9-22-18(24)17-16(21-19(22)26)13-6-1-2-7-14(13)27-17/h1-2,6-7,12H,3-5,8-11H2,(H,20,23)(H,21,26)/t12-/m0/s1. The van der Waals surface area contributed by atoms with E-state index >= 15 is 0 Å². The molecule has 1 aliphatic rings. The molecule has 142 valence electrons. The number of benzene rings is 1. The number of nitrogens with zero attached hydrogens (tertiary/aromatic N) is 1. The fourth-order valence-corrected chi connectivity index (χ4v) is 4.81. The van der Waals surface area contributed by atoms with Crippen LogP contribution in [0.25, 0.3) is 20.3 Å². The van der Waals surface area contributed by atoms with E-state index in [2.05, 4.69) is 10.3 Å². The van der Waals surface area contributed by atoms with Crippen molar-refractivity contribution in [2.75, 3.05) is 13.2 Å². The highest BCUT2D eigenvalue weighted by Crippen LogP contribution is 2.29. The van der Waals surface area contributed by atoms with E-state index in [0.29, 0.717) is 35.4 Å². The second-order valence-electron chi connectivity index (χ2n) is 6.73. The number of rotatable bonds is 6. The molecule has 1 atom stereocenters. The van der Waals surface area contributed by atoms with Crippen LogP contribution in [0.1, 0.15) is 25.7 Å². The maximum atomic E-state index is 12.9. The quantitative estimate of drug-likeness (QED) is 0.619. The van der Waals surface area contributed by atoms with Gasteiger partial charge in [0, 0.05) is 36.2 Å². The minimum atomic E-state index is -0.0882. The molecule has 0 unspecified atom stereocenters. The Bertz CT molecular complexity index is 1090. The summed E-state index contributed by atoms with van der Waals surface area (Å²) >= 11 is 6.86. The maximum Gasteiger partial charge on any atom is 0.272 e. The van der Waals surface area contributed by atoms with E-state index in [-0.39, 0.29) is 17.6 Å². The van der Waals surface area contributed by atoms with Crippen molar-refractivity contribution in [2.45, 2.75) is 38.3 Å². The molecule has 2 aromatic heterocycles. The molecule has 6 nitrogen and oxygen atoms in total. The Morgan fingerprint density at radius 3 is 3.07 bits per heavy atom. The van der Waals surface area contributed by atoms with E-state index in [0.717, 1.165) is 35.1 Å². The van der Waals surface area contributed by atoms with E-state index in [9.17, 15) is 9.59 Å². The maximum absolute atomic E-state index is 12.9. The summed E-state index contributed by atoms with van der Waals surface area (Å²) in [5.41, 5.74) is 0.714. The number of carbonyl (C=O) groups excluding carboxylic acids is 1. The van der Waals surface area contributed by atoms with E-state index in [1.54, 1.807) is 4.57 Å². The number of ether oxygens (including phenoxy) is 1. The molecule has 1 aliphatic heterocycles. The smallest absolute Gasteiger partial charge is 0.272 e. The molecular formula is C19H21N3O3S2. The Labute approximate surface area is 165 Å². The molecule has 0 saturated carbocycles. The third-order valence-corrected chi connectivity index (χ3v) is 6.33. The summed E-state index contributed by atoms with van der Waals surface area (Å²) in [6.45, 7) is 1.76. The van der Waals surface area contributed by atoms with E-state index in [1.807, 2.05) is 24.3 Å². The van der Waals surface area contributed by atoms with Gasteiger partial charge in [-0.25, -0.2) is 0 Å². The summed E-state index contributed by atoms with van der Waals surface area (Å²) < 4.78 is 9.18. The van der Waals surface area contributed by atoms with E-state index < -0.39 is 0 Å². The monoisotopic (exact) mass is 403 g/mol. The second kappa shape index (κ2) is 7.92. The van der Waals surface area contributed by atoms with Crippen LogP contribution in [-0.4, -0.2) is 34.7 Å². The predicted molar refractivity (Wildman–Crippen MR) is 110 cm³/mol. The SMILES string of the molecule is O=C(CCCn1c(=S)[nH]c2c(sc3ccccc32)c1=O)NC[C@@H]1CCCO1. The number of nitrogens with one attached hydrogen (secondary N) is 2. The lowest BCUT2D eigenvalue weighted by molar-refractivity contribution is -0.121. The lowest BCUT2D eigenvalue weighted by Crippen LogP contribution is -2.32. The van der Waals surface area contributed by atoms with Crippen LogP contribution in [0.15, 0.2) is 29.1 Å². The summed E-state index contributed by atoms with van der Waals surface area (Å²) in [4.78, 5) is 28.1. The second-order valence-corrected chi connectivity index (χ2v) is 8.17. The molecule has 4 rings (SSSR count). The third kappa shape index (κ3) is 3.83. The van der Waals surface area contributed by atoms with Crippen LogP contribution in [0.2, 0.25) is 0 Å². The molecule has 0 spiro atoms. The highest BCUT2D eigenvalue weighted by molar-refractivity contribution is 7.71. The highest BCUT2D eigenvalue weighted by atomic mass is 32.1. The van der Waals surface area contributed by atoms with Gasteiger partial charge in [0.05, 0.1) is 11.6 Å². The Morgan fingerprint density at radius 1 is 1.41 bits per heavy atom. The highest BCUT2D eigenvalue weighted by Gasteiger charge is 2.16. The molecule has 3 heterocycles. The molecule has 1 aromatic carbocycles. The molecule has 1 saturated heterocycles. The minimum Gasteiger partial charge on any atom is -0.376 e. The molecule has 0 radical (unpaired) electrons. The Morgan fingerprint density at radius 2 is 2.26 bits per heavy atom. The van der Waals surface area contributed by atoms with Gasteiger partial charge in [0.1, 0.15) is 4.70 Å². The van der Waals surface area contributed by atoms with Crippen LogP contribution < -0.4 is 10.9 Å². The van der Waals surface area contributed by atoms with Crippen LogP contribution in [-0.2, 0) is 16.1 Å². The number of aromatic amines is 1. The fraction of sp³-hybridized carbons (Fsp3) is 0.421. The van der Waals surface area contributed by atoms with Gasteiger partial charge in [-0.05, 0) is 37.5 Å². The third-order valence-electron chi connectivity index (χ3n) is 4.85. The van der Waals surface area contributed by atoms with Gasteiger partial charge in [-0.2, -0.15) is 0 Å². The summed E-state index contributed by atoms with van der Waals surface area (Å²) in [7, 11) is 0. The zero-order valence-corrected chi connectivity index (χ0v) is 16.5. The van der Waals surface area contributed by atoms with Crippen molar-refractivity contribution in [1.82, 2.24) is 14.9 Å².